The fraction of sp³-hybridized carbons (Fsp3) is 0.571. The molecule has 0 spiro atoms. The third-order valence-electron chi connectivity index (χ3n) is 1.53. The van der Waals surface area contributed by atoms with Gasteiger partial charge in [-0.3, -0.25) is 4.79 Å². The van der Waals surface area contributed by atoms with E-state index in [2.05, 4.69) is 10.2 Å². The van der Waals surface area contributed by atoms with Gasteiger partial charge in [0.05, 0.1) is 0 Å². The molecule has 5 nitrogen and oxygen atoms in total. The highest BCUT2D eigenvalue weighted by molar-refractivity contribution is 8.01. The fourth-order valence-corrected chi connectivity index (χ4v) is 1.46. The van der Waals surface area contributed by atoms with Crippen molar-refractivity contribution in [2.24, 2.45) is 7.05 Å². The van der Waals surface area contributed by atoms with Crippen molar-refractivity contribution in [3.63, 3.8) is 0 Å². The van der Waals surface area contributed by atoms with Gasteiger partial charge in [-0.2, -0.15) is 0 Å². The minimum atomic E-state index is -0.874. The Labute approximate surface area is 80.2 Å². The van der Waals surface area contributed by atoms with E-state index in [4.69, 9.17) is 5.11 Å². The Kier molecular flexibility index (Phi) is 2.60. The first kappa shape index (κ1) is 10.0. The molecule has 1 heterocycles. The predicted molar refractivity (Wildman–Crippen MR) is 48.6 cm³/mol. The maximum atomic E-state index is 10.8. The van der Waals surface area contributed by atoms with Crippen LogP contribution in [-0.4, -0.2) is 30.6 Å². The lowest BCUT2D eigenvalue weighted by molar-refractivity contribution is -0.138. The molecule has 0 aliphatic heterocycles. The van der Waals surface area contributed by atoms with Crippen LogP contribution in [-0.2, 0) is 11.8 Å². The van der Waals surface area contributed by atoms with Crippen molar-refractivity contribution >= 4 is 17.7 Å². The molecule has 0 fully saturated rings. The molecule has 72 valence electrons. The number of nitrogens with zero attached hydrogens (tertiary/aromatic N) is 3. The number of thioether (sulfide) groups is 1. The van der Waals surface area contributed by atoms with E-state index >= 15 is 0 Å². The Morgan fingerprint density at radius 3 is 2.69 bits per heavy atom. The molecule has 0 unspecified atom stereocenters. The van der Waals surface area contributed by atoms with Crippen LogP contribution in [0.15, 0.2) is 11.5 Å². The van der Waals surface area contributed by atoms with Crippen LogP contribution in [0.4, 0.5) is 0 Å². The quantitative estimate of drug-likeness (QED) is 0.731. The number of carboxylic acid groups (broad SMARTS) is 1. The van der Waals surface area contributed by atoms with Gasteiger partial charge in [-0.15, -0.1) is 10.2 Å². The maximum Gasteiger partial charge on any atom is 0.319 e. The SMILES string of the molecule is Cn1cnnc1SC(C)(C)C(=O)O. The average molecular weight is 201 g/mol. The third kappa shape index (κ3) is 2.21. The van der Waals surface area contributed by atoms with Gasteiger partial charge in [0.15, 0.2) is 5.16 Å². The van der Waals surface area contributed by atoms with Crippen LogP contribution in [0.2, 0.25) is 0 Å². The van der Waals surface area contributed by atoms with E-state index < -0.39 is 10.7 Å². The molecule has 1 rings (SSSR count). The summed E-state index contributed by atoms with van der Waals surface area (Å²) < 4.78 is 0.816. The smallest absolute Gasteiger partial charge is 0.319 e. The van der Waals surface area contributed by atoms with Gasteiger partial charge in [-0.25, -0.2) is 0 Å². The topological polar surface area (TPSA) is 68.0 Å². The largest absolute Gasteiger partial charge is 0.480 e. The standard InChI is InChI=1S/C7H11N3O2S/c1-7(2,5(11)12)13-6-9-8-4-10(6)3/h4H,1-3H3,(H,11,12). The second-order valence-corrected chi connectivity index (χ2v) is 4.73. The number of hydrogen-bond donors (Lipinski definition) is 1. The van der Waals surface area contributed by atoms with Crippen molar-refractivity contribution < 1.29 is 9.90 Å². The molecule has 1 aromatic heterocycles. The zero-order valence-corrected chi connectivity index (χ0v) is 8.50. The summed E-state index contributed by atoms with van der Waals surface area (Å²) in [6, 6.07) is 0. The van der Waals surface area contributed by atoms with E-state index in [9.17, 15) is 4.79 Å². The number of carboxylic acids is 1. The molecule has 0 radical (unpaired) electrons. The summed E-state index contributed by atoms with van der Waals surface area (Å²) in [7, 11) is 1.78. The normalized spacial score (nSPS) is 11.6. The minimum Gasteiger partial charge on any atom is -0.480 e. The number of hydrogen-bond acceptors (Lipinski definition) is 4. The molecule has 0 aliphatic rings. The Hall–Kier alpha value is -1.04. The monoisotopic (exact) mass is 201 g/mol. The summed E-state index contributed by atoms with van der Waals surface area (Å²) in [4.78, 5) is 10.8. The van der Waals surface area contributed by atoms with E-state index in [0.29, 0.717) is 5.16 Å². The van der Waals surface area contributed by atoms with Crippen LogP contribution in [0.5, 0.6) is 0 Å². The molecule has 0 atom stereocenters. The molecule has 0 amide bonds. The molecule has 0 saturated carbocycles. The summed E-state index contributed by atoms with van der Waals surface area (Å²) in [5.41, 5.74) is 0. The van der Waals surface area contributed by atoms with Crippen molar-refractivity contribution in [3.05, 3.63) is 6.33 Å². The van der Waals surface area contributed by atoms with Crippen LogP contribution >= 0.6 is 11.8 Å². The summed E-state index contributed by atoms with van der Waals surface area (Å²) in [5.74, 6) is -0.861. The molecule has 0 aromatic carbocycles. The van der Waals surface area contributed by atoms with Gasteiger partial charge in [0.1, 0.15) is 11.1 Å². The van der Waals surface area contributed by atoms with Crippen LogP contribution < -0.4 is 0 Å². The van der Waals surface area contributed by atoms with Crippen molar-refractivity contribution in [1.29, 1.82) is 0 Å². The van der Waals surface area contributed by atoms with E-state index in [0.717, 1.165) is 0 Å². The minimum absolute atomic E-state index is 0.604. The van der Waals surface area contributed by atoms with Gasteiger partial charge >= 0.3 is 5.97 Å². The first-order valence-corrected chi connectivity index (χ1v) is 4.51. The van der Waals surface area contributed by atoms with Gasteiger partial charge in [0, 0.05) is 7.05 Å². The van der Waals surface area contributed by atoms with E-state index in [1.807, 2.05) is 0 Å². The van der Waals surface area contributed by atoms with Crippen LogP contribution in [0.3, 0.4) is 0 Å². The molecule has 13 heavy (non-hydrogen) atoms. The highest BCUT2D eigenvalue weighted by Gasteiger charge is 2.30. The number of aromatic nitrogens is 3. The zero-order valence-electron chi connectivity index (χ0n) is 7.68. The molecule has 0 bridgehead atoms. The van der Waals surface area contributed by atoms with Crippen LogP contribution in [0.25, 0.3) is 0 Å². The predicted octanol–water partition coefficient (Wildman–Crippen LogP) is 0.770. The number of aryl methyl sites for hydroxylation is 1. The van der Waals surface area contributed by atoms with Gasteiger partial charge in [0.25, 0.3) is 0 Å². The van der Waals surface area contributed by atoms with E-state index in [1.54, 1.807) is 31.8 Å². The van der Waals surface area contributed by atoms with E-state index in [1.165, 1.54) is 11.8 Å². The summed E-state index contributed by atoms with van der Waals surface area (Å²) in [6.07, 6.45) is 1.54. The second kappa shape index (κ2) is 3.37. The van der Waals surface area contributed by atoms with Crippen LogP contribution in [0, 0.1) is 0 Å². The Balaban J connectivity index is 2.80. The van der Waals surface area contributed by atoms with Gasteiger partial charge in [0.2, 0.25) is 0 Å². The molecule has 6 heteroatoms. The fourth-order valence-electron chi connectivity index (χ4n) is 0.637. The summed E-state index contributed by atoms with van der Waals surface area (Å²) >= 11 is 1.18. The van der Waals surface area contributed by atoms with Crippen molar-refractivity contribution in [2.75, 3.05) is 0 Å². The molecule has 0 saturated heterocycles. The van der Waals surface area contributed by atoms with Crippen molar-refractivity contribution in [1.82, 2.24) is 14.8 Å². The van der Waals surface area contributed by atoms with Crippen molar-refractivity contribution in [3.8, 4) is 0 Å². The average Bonchev–Trinajstić information content (AvgIpc) is 2.35. The molecule has 1 aromatic rings. The highest BCUT2D eigenvalue weighted by Crippen LogP contribution is 2.30. The molecule has 0 aliphatic carbocycles. The third-order valence-corrected chi connectivity index (χ3v) is 2.77. The Morgan fingerprint density at radius 2 is 2.31 bits per heavy atom. The summed E-state index contributed by atoms with van der Waals surface area (Å²) in [6.45, 7) is 3.27. The lowest BCUT2D eigenvalue weighted by Crippen LogP contribution is -2.27. The van der Waals surface area contributed by atoms with Gasteiger partial charge < -0.3 is 9.67 Å². The Morgan fingerprint density at radius 1 is 1.69 bits per heavy atom. The first-order chi connectivity index (χ1) is 5.93. The Bertz CT molecular complexity index is 321. The highest BCUT2D eigenvalue weighted by atomic mass is 32.2. The first-order valence-electron chi connectivity index (χ1n) is 3.70. The zero-order chi connectivity index (χ0) is 10.1. The van der Waals surface area contributed by atoms with Crippen LogP contribution in [0.1, 0.15) is 13.8 Å². The number of aliphatic carboxylic acids is 1. The lowest BCUT2D eigenvalue weighted by atomic mass is 10.2. The summed E-state index contributed by atoms with van der Waals surface area (Å²) in [5, 5.41) is 16.9. The number of carbonyl (C=O) groups is 1. The lowest BCUT2D eigenvalue weighted by Gasteiger charge is -2.16. The van der Waals surface area contributed by atoms with Crippen molar-refractivity contribution in [2.45, 2.75) is 23.8 Å². The van der Waals surface area contributed by atoms with E-state index in [-0.39, 0.29) is 0 Å². The molecular formula is C7H11N3O2S. The molecule has 1 N–H and O–H groups in total. The van der Waals surface area contributed by atoms with Gasteiger partial charge in [-0.05, 0) is 13.8 Å². The second-order valence-electron chi connectivity index (χ2n) is 3.14. The maximum absolute atomic E-state index is 10.8. The van der Waals surface area contributed by atoms with Gasteiger partial charge in [-0.1, -0.05) is 11.8 Å². The molecular weight excluding hydrogens is 190 g/mol. The number of rotatable bonds is 3.